The average Bonchev–Trinajstić information content (AvgIpc) is 2.44. The van der Waals surface area contributed by atoms with Gasteiger partial charge in [-0.2, -0.15) is 0 Å². The van der Waals surface area contributed by atoms with Gasteiger partial charge in [0.15, 0.2) is 5.84 Å². The molecule has 4 N–H and O–H groups in total. The van der Waals surface area contributed by atoms with E-state index < -0.39 is 0 Å². The van der Waals surface area contributed by atoms with E-state index in [0.717, 1.165) is 5.69 Å². The molecule has 1 unspecified atom stereocenters. The molecule has 0 spiro atoms. The Balaban J connectivity index is 2.27. The largest absolute Gasteiger partial charge is 0.409 e. The second-order valence-corrected chi connectivity index (χ2v) is 6.12. The van der Waals surface area contributed by atoms with Gasteiger partial charge in [0, 0.05) is 24.3 Å². The smallest absolute Gasteiger partial charge is 0.171 e. The van der Waals surface area contributed by atoms with Gasteiger partial charge in [0.2, 0.25) is 0 Å². The Hall–Kier alpha value is -1.50. The van der Waals surface area contributed by atoms with Crippen LogP contribution in [0.15, 0.2) is 23.4 Å². The molecule has 2 rings (SSSR count). The number of benzene rings is 1. The van der Waals surface area contributed by atoms with Crippen LogP contribution in [0.2, 0.25) is 5.02 Å². The van der Waals surface area contributed by atoms with E-state index in [1.807, 2.05) is 19.9 Å². The van der Waals surface area contributed by atoms with E-state index in [1.54, 1.807) is 12.1 Å². The SMILES string of the molecule is CC1(C)CN(c2ccc(/C(N)=N/O)c(Cl)c2)CC(CO)O1. The summed E-state index contributed by atoms with van der Waals surface area (Å²) in [5, 5.41) is 21.4. The molecule has 0 bridgehead atoms. The number of nitrogens with two attached hydrogens (primary N) is 1. The summed E-state index contributed by atoms with van der Waals surface area (Å²) >= 11 is 6.18. The summed E-state index contributed by atoms with van der Waals surface area (Å²) < 4.78 is 5.79. The Morgan fingerprint density at radius 1 is 1.57 bits per heavy atom. The fraction of sp³-hybridized carbons (Fsp3) is 0.500. The molecule has 0 amide bonds. The van der Waals surface area contributed by atoms with Crippen LogP contribution >= 0.6 is 11.6 Å². The van der Waals surface area contributed by atoms with Crippen LogP contribution in [0.1, 0.15) is 19.4 Å². The molecule has 21 heavy (non-hydrogen) atoms. The number of hydrogen-bond acceptors (Lipinski definition) is 5. The third-order valence-electron chi connectivity index (χ3n) is 3.39. The normalized spacial score (nSPS) is 22.4. The van der Waals surface area contributed by atoms with Gasteiger partial charge < -0.3 is 25.7 Å². The van der Waals surface area contributed by atoms with Crippen molar-refractivity contribution in [2.24, 2.45) is 10.9 Å². The van der Waals surface area contributed by atoms with Crippen LogP contribution in [0.5, 0.6) is 0 Å². The van der Waals surface area contributed by atoms with Gasteiger partial charge in [-0.25, -0.2) is 0 Å². The first-order chi connectivity index (χ1) is 9.86. The zero-order valence-electron chi connectivity index (χ0n) is 12.1. The zero-order chi connectivity index (χ0) is 15.6. The van der Waals surface area contributed by atoms with Crippen LogP contribution < -0.4 is 10.6 Å². The molecular formula is C14H20ClN3O3. The highest BCUT2D eigenvalue weighted by atomic mass is 35.5. The molecule has 1 atom stereocenters. The lowest BCUT2D eigenvalue weighted by Crippen LogP contribution is -2.54. The van der Waals surface area contributed by atoms with Gasteiger partial charge in [-0.15, -0.1) is 0 Å². The summed E-state index contributed by atoms with van der Waals surface area (Å²) in [6.07, 6.45) is -0.240. The predicted octanol–water partition coefficient (Wildman–Crippen LogP) is 1.41. The summed E-state index contributed by atoms with van der Waals surface area (Å²) in [7, 11) is 0. The number of morpholine rings is 1. The standard InChI is InChI=1S/C14H20ClN3O3/c1-14(2)8-18(6-10(7-19)21-14)9-3-4-11(12(15)5-9)13(16)17-20/h3-5,10,19-20H,6-8H2,1-2H3,(H2,16,17). The summed E-state index contributed by atoms with van der Waals surface area (Å²) in [4.78, 5) is 2.10. The minimum atomic E-state index is -0.359. The maximum atomic E-state index is 9.35. The molecule has 0 saturated carbocycles. The van der Waals surface area contributed by atoms with Crippen molar-refractivity contribution in [3.8, 4) is 0 Å². The van der Waals surface area contributed by atoms with Crippen LogP contribution in [0.25, 0.3) is 0 Å². The highest BCUT2D eigenvalue weighted by Gasteiger charge is 2.33. The van der Waals surface area contributed by atoms with Crippen LogP contribution in [-0.2, 0) is 4.74 Å². The lowest BCUT2D eigenvalue weighted by atomic mass is 10.0. The number of ether oxygens (including phenoxy) is 1. The molecule has 1 aromatic rings. The maximum Gasteiger partial charge on any atom is 0.171 e. The fourth-order valence-electron chi connectivity index (χ4n) is 2.55. The predicted molar refractivity (Wildman–Crippen MR) is 82.2 cm³/mol. The van der Waals surface area contributed by atoms with Crippen molar-refractivity contribution >= 4 is 23.1 Å². The molecule has 1 heterocycles. The highest BCUT2D eigenvalue weighted by molar-refractivity contribution is 6.34. The molecular weight excluding hydrogens is 294 g/mol. The molecule has 0 aromatic heterocycles. The number of rotatable bonds is 3. The number of nitrogens with zero attached hydrogens (tertiary/aromatic N) is 2. The number of halogens is 1. The van der Waals surface area contributed by atoms with E-state index in [4.69, 9.17) is 27.3 Å². The number of amidine groups is 1. The molecule has 1 aliphatic heterocycles. The van der Waals surface area contributed by atoms with Crippen molar-refractivity contribution in [2.45, 2.75) is 25.6 Å². The summed E-state index contributed by atoms with van der Waals surface area (Å²) in [5.41, 5.74) is 6.59. The summed E-state index contributed by atoms with van der Waals surface area (Å²) in [5.74, 6) is -0.0258. The van der Waals surface area contributed by atoms with Crippen molar-refractivity contribution in [1.82, 2.24) is 0 Å². The van der Waals surface area contributed by atoms with Gasteiger partial charge in [-0.3, -0.25) is 0 Å². The van der Waals surface area contributed by atoms with Gasteiger partial charge in [0.1, 0.15) is 0 Å². The number of aliphatic hydroxyl groups is 1. The molecule has 1 aromatic carbocycles. The van der Waals surface area contributed by atoms with E-state index in [-0.39, 0.29) is 24.1 Å². The lowest BCUT2D eigenvalue weighted by molar-refractivity contribution is -0.101. The van der Waals surface area contributed by atoms with Crippen molar-refractivity contribution in [3.63, 3.8) is 0 Å². The van der Waals surface area contributed by atoms with Crippen molar-refractivity contribution in [3.05, 3.63) is 28.8 Å². The number of aliphatic hydroxyl groups excluding tert-OH is 1. The van der Waals surface area contributed by atoms with Crippen molar-refractivity contribution in [2.75, 3.05) is 24.6 Å². The number of anilines is 1. The topological polar surface area (TPSA) is 91.3 Å². The van der Waals surface area contributed by atoms with Crippen LogP contribution in [-0.4, -0.2) is 47.6 Å². The first-order valence-electron chi connectivity index (χ1n) is 6.67. The Bertz CT molecular complexity index is 548. The van der Waals surface area contributed by atoms with Gasteiger partial charge in [-0.05, 0) is 32.0 Å². The quantitative estimate of drug-likeness (QED) is 0.340. The second kappa shape index (κ2) is 6.09. The third kappa shape index (κ3) is 3.58. The Morgan fingerprint density at radius 2 is 2.29 bits per heavy atom. The summed E-state index contributed by atoms with van der Waals surface area (Å²) in [6, 6.07) is 5.34. The van der Waals surface area contributed by atoms with E-state index in [9.17, 15) is 5.11 Å². The van der Waals surface area contributed by atoms with E-state index in [0.29, 0.717) is 23.7 Å². The molecule has 1 aliphatic rings. The van der Waals surface area contributed by atoms with Crippen LogP contribution in [0.4, 0.5) is 5.69 Å². The minimum absolute atomic E-state index is 0.0258. The molecule has 0 aliphatic carbocycles. The van der Waals surface area contributed by atoms with E-state index in [2.05, 4.69) is 10.1 Å². The highest BCUT2D eigenvalue weighted by Crippen LogP contribution is 2.29. The molecule has 0 radical (unpaired) electrons. The average molecular weight is 314 g/mol. The summed E-state index contributed by atoms with van der Waals surface area (Å²) in [6.45, 7) is 5.19. The minimum Gasteiger partial charge on any atom is -0.409 e. The van der Waals surface area contributed by atoms with Crippen LogP contribution in [0.3, 0.4) is 0 Å². The molecule has 7 heteroatoms. The monoisotopic (exact) mass is 313 g/mol. The third-order valence-corrected chi connectivity index (χ3v) is 3.70. The second-order valence-electron chi connectivity index (χ2n) is 5.71. The maximum absolute atomic E-state index is 9.35. The Kier molecular flexibility index (Phi) is 4.61. The first kappa shape index (κ1) is 15.9. The lowest BCUT2D eigenvalue weighted by Gasteiger charge is -2.43. The number of oxime groups is 1. The molecule has 1 fully saturated rings. The zero-order valence-corrected chi connectivity index (χ0v) is 12.8. The van der Waals surface area contributed by atoms with Gasteiger partial charge in [0.05, 0.1) is 23.3 Å². The van der Waals surface area contributed by atoms with Crippen molar-refractivity contribution < 1.29 is 15.1 Å². The van der Waals surface area contributed by atoms with E-state index in [1.165, 1.54) is 0 Å². The van der Waals surface area contributed by atoms with E-state index >= 15 is 0 Å². The molecule has 6 nitrogen and oxygen atoms in total. The fourth-order valence-corrected chi connectivity index (χ4v) is 2.82. The van der Waals surface area contributed by atoms with Gasteiger partial charge in [-0.1, -0.05) is 16.8 Å². The van der Waals surface area contributed by atoms with Crippen LogP contribution in [0, 0.1) is 0 Å². The first-order valence-corrected chi connectivity index (χ1v) is 7.05. The number of hydrogen-bond donors (Lipinski definition) is 3. The van der Waals surface area contributed by atoms with Crippen molar-refractivity contribution in [1.29, 1.82) is 0 Å². The Labute approximate surface area is 128 Å². The molecule has 116 valence electrons. The molecule has 1 saturated heterocycles. The Morgan fingerprint density at radius 3 is 2.86 bits per heavy atom. The van der Waals surface area contributed by atoms with Gasteiger partial charge in [0.25, 0.3) is 0 Å². The van der Waals surface area contributed by atoms with Gasteiger partial charge >= 0.3 is 0 Å².